The van der Waals surface area contributed by atoms with E-state index in [-0.39, 0.29) is 39.1 Å². The molecule has 1 heterocycles. The van der Waals surface area contributed by atoms with Crippen molar-refractivity contribution in [3.05, 3.63) is 97.7 Å². The van der Waals surface area contributed by atoms with Crippen LogP contribution in [0.5, 0.6) is 5.75 Å². The van der Waals surface area contributed by atoms with E-state index in [1.54, 1.807) is 36.4 Å². The largest absolute Gasteiger partial charge is 0.497 e. The Labute approximate surface area is 186 Å². The number of fused-ring (bicyclic) bond motifs is 1. The Morgan fingerprint density at radius 2 is 1.75 bits per heavy atom. The van der Waals surface area contributed by atoms with Gasteiger partial charge in [-0.2, -0.15) is 0 Å². The fourth-order valence-corrected chi connectivity index (χ4v) is 3.36. The molecular formula is C23H15ClN2O6. The van der Waals surface area contributed by atoms with Gasteiger partial charge >= 0.3 is 0 Å². The maximum absolute atomic E-state index is 13.3. The molecule has 0 spiro atoms. The van der Waals surface area contributed by atoms with E-state index in [1.807, 2.05) is 0 Å². The molecule has 8 nitrogen and oxygen atoms in total. The summed E-state index contributed by atoms with van der Waals surface area (Å²) in [4.78, 5) is 36.4. The number of benzene rings is 3. The summed E-state index contributed by atoms with van der Waals surface area (Å²) in [7, 11) is 1.53. The van der Waals surface area contributed by atoms with E-state index < -0.39 is 10.8 Å². The first-order chi connectivity index (χ1) is 15.4. The molecule has 4 aromatic rings. The number of nitro benzene ring substituents is 1. The lowest BCUT2D eigenvalue weighted by atomic mass is 10.0. The van der Waals surface area contributed by atoms with Gasteiger partial charge in [0.2, 0.25) is 11.3 Å². The van der Waals surface area contributed by atoms with Crippen LogP contribution in [0, 0.1) is 10.1 Å². The van der Waals surface area contributed by atoms with E-state index in [4.69, 9.17) is 20.8 Å². The molecule has 0 saturated heterocycles. The number of hydrogen-bond donors (Lipinski definition) is 1. The smallest absolute Gasteiger partial charge is 0.269 e. The van der Waals surface area contributed by atoms with Gasteiger partial charge in [-0.15, -0.1) is 0 Å². The van der Waals surface area contributed by atoms with Crippen LogP contribution in [0.15, 0.2) is 75.9 Å². The fourth-order valence-electron chi connectivity index (χ4n) is 3.19. The molecular weight excluding hydrogens is 436 g/mol. The Morgan fingerprint density at radius 1 is 1.06 bits per heavy atom. The van der Waals surface area contributed by atoms with Gasteiger partial charge in [0.05, 0.1) is 23.0 Å². The summed E-state index contributed by atoms with van der Waals surface area (Å²) in [5.41, 5.74) is 0.524. The van der Waals surface area contributed by atoms with Crippen LogP contribution < -0.4 is 15.5 Å². The normalized spacial score (nSPS) is 10.7. The number of methoxy groups -OCH3 is 1. The highest BCUT2D eigenvalue weighted by molar-refractivity contribution is 6.31. The second kappa shape index (κ2) is 8.52. The number of hydrogen-bond acceptors (Lipinski definition) is 6. The fraction of sp³-hybridized carbons (Fsp3) is 0.0435. The highest BCUT2D eigenvalue weighted by Crippen LogP contribution is 2.31. The van der Waals surface area contributed by atoms with Gasteiger partial charge in [-0.25, -0.2) is 0 Å². The van der Waals surface area contributed by atoms with Crippen molar-refractivity contribution in [3.63, 3.8) is 0 Å². The molecule has 0 unspecified atom stereocenters. The standard InChI is InChI=1S/C23H15ClN2O6/c1-31-17-9-4-13(5-10-17)20-21(27)18-12-15(24)6-11-19(18)32-23(20)25-22(28)14-2-7-16(8-3-14)26(29)30/h2-12H,1H3,(H,25,28). The van der Waals surface area contributed by atoms with Gasteiger partial charge in [0.1, 0.15) is 11.3 Å². The van der Waals surface area contributed by atoms with Gasteiger partial charge in [0, 0.05) is 22.7 Å². The maximum atomic E-state index is 13.3. The molecule has 1 amide bonds. The lowest BCUT2D eigenvalue weighted by Gasteiger charge is -2.12. The van der Waals surface area contributed by atoms with Crippen LogP contribution in [0.2, 0.25) is 5.02 Å². The Kier molecular flexibility index (Phi) is 5.61. The van der Waals surface area contributed by atoms with E-state index in [1.165, 1.54) is 37.4 Å². The molecule has 0 aliphatic carbocycles. The zero-order chi connectivity index (χ0) is 22.8. The molecule has 4 rings (SSSR count). The zero-order valence-corrected chi connectivity index (χ0v) is 17.4. The van der Waals surface area contributed by atoms with Crippen LogP contribution in [0.25, 0.3) is 22.1 Å². The van der Waals surface area contributed by atoms with E-state index in [0.29, 0.717) is 16.3 Å². The van der Waals surface area contributed by atoms with Crippen LogP contribution in [-0.2, 0) is 0 Å². The molecule has 0 bridgehead atoms. The Morgan fingerprint density at radius 3 is 2.38 bits per heavy atom. The predicted molar refractivity (Wildman–Crippen MR) is 121 cm³/mol. The molecule has 3 aromatic carbocycles. The van der Waals surface area contributed by atoms with Crippen molar-refractivity contribution in [2.75, 3.05) is 12.4 Å². The average Bonchev–Trinajstić information content (AvgIpc) is 2.80. The van der Waals surface area contributed by atoms with Crippen LogP contribution in [0.1, 0.15) is 10.4 Å². The number of anilines is 1. The number of non-ortho nitro benzene ring substituents is 1. The summed E-state index contributed by atoms with van der Waals surface area (Å²) < 4.78 is 11.0. The number of carbonyl (C=O) groups excluding carboxylic acids is 1. The molecule has 32 heavy (non-hydrogen) atoms. The third kappa shape index (κ3) is 4.03. The van der Waals surface area contributed by atoms with Crippen molar-refractivity contribution in [1.29, 1.82) is 0 Å². The van der Waals surface area contributed by atoms with Gasteiger partial charge in [-0.3, -0.25) is 25.0 Å². The third-order valence-corrected chi connectivity index (χ3v) is 5.03. The van der Waals surface area contributed by atoms with Crippen LogP contribution in [-0.4, -0.2) is 17.9 Å². The Hall–Kier alpha value is -4.17. The summed E-state index contributed by atoms with van der Waals surface area (Å²) in [5, 5.41) is 14.1. The second-order valence-electron chi connectivity index (χ2n) is 6.76. The van der Waals surface area contributed by atoms with Crippen molar-refractivity contribution in [2.45, 2.75) is 0 Å². The minimum Gasteiger partial charge on any atom is -0.497 e. The van der Waals surface area contributed by atoms with Gasteiger partial charge in [0.25, 0.3) is 11.6 Å². The minimum atomic E-state index is -0.592. The molecule has 0 fully saturated rings. The van der Waals surface area contributed by atoms with Crippen molar-refractivity contribution in [1.82, 2.24) is 0 Å². The Balaban J connectivity index is 1.83. The van der Waals surface area contributed by atoms with Crippen LogP contribution in [0.3, 0.4) is 0 Å². The monoisotopic (exact) mass is 450 g/mol. The summed E-state index contributed by atoms with van der Waals surface area (Å²) in [6.07, 6.45) is 0. The average molecular weight is 451 g/mol. The Bertz CT molecular complexity index is 1400. The number of rotatable bonds is 5. The van der Waals surface area contributed by atoms with E-state index >= 15 is 0 Å². The molecule has 1 aromatic heterocycles. The molecule has 0 atom stereocenters. The molecule has 160 valence electrons. The molecule has 0 aliphatic heterocycles. The summed E-state index contributed by atoms with van der Waals surface area (Å²) in [5.74, 6) is -0.0529. The predicted octanol–water partition coefficient (Wildman–Crippen LogP) is 5.28. The number of nitro groups is 1. The number of amides is 1. The lowest BCUT2D eigenvalue weighted by molar-refractivity contribution is -0.384. The number of carbonyl (C=O) groups is 1. The first-order valence-electron chi connectivity index (χ1n) is 9.34. The van der Waals surface area contributed by atoms with Gasteiger partial charge in [-0.1, -0.05) is 23.7 Å². The first-order valence-corrected chi connectivity index (χ1v) is 9.72. The van der Waals surface area contributed by atoms with Crippen LogP contribution in [0.4, 0.5) is 11.6 Å². The quantitative estimate of drug-likeness (QED) is 0.327. The second-order valence-corrected chi connectivity index (χ2v) is 7.20. The number of nitrogens with one attached hydrogen (secondary N) is 1. The topological polar surface area (TPSA) is 112 Å². The van der Waals surface area contributed by atoms with E-state index in [9.17, 15) is 19.7 Å². The molecule has 9 heteroatoms. The van der Waals surface area contributed by atoms with Crippen molar-refractivity contribution in [3.8, 4) is 16.9 Å². The number of nitrogens with zero attached hydrogens (tertiary/aromatic N) is 1. The maximum Gasteiger partial charge on any atom is 0.269 e. The van der Waals surface area contributed by atoms with Gasteiger partial charge in [-0.05, 0) is 48.0 Å². The lowest BCUT2D eigenvalue weighted by Crippen LogP contribution is -2.16. The van der Waals surface area contributed by atoms with Crippen molar-refractivity contribution < 1.29 is 18.9 Å². The molecule has 1 N–H and O–H groups in total. The van der Waals surface area contributed by atoms with Gasteiger partial charge < -0.3 is 9.15 Å². The highest BCUT2D eigenvalue weighted by atomic mass is 35.5. The van der Waals surface area contributed by atoms with Crippen molar-refractivity contribution >= 4 is 40.0 Å². The van der Waals surface area contributed by atoms with E-state index in [0.717, 1.165) is 0 Å². The minimum absolute atomic E-state index is 0.0571. The first kappa shape index (κ1) is 21.1. The highest BCUT2D eigenvalue weighted by Gasteiger charge is 2.20. The summed E-state index contributed by atoms with van der Waals surface area (Å²) in [6, 6.07) is 16.4. The van der Waals surface area contributed by atoms with E-state index in [2.05, 4.69) is 5.32 Å². The zero-order valence-electron chi connectivity index (χ0n) is 16.6. The van der Waals surface area contributed by atoms with Crippen LogP contribution >= 0.6 is 11.6 Å². The number of ether oxygens (including phenoxy) is 1. The summed E-state index contributed by atoms with van der Waals surface area (Å²) >= 11 is 6.05. The van der Waals surface area contributed by atoms with Gasteiger partial charge in [0.15, 0.2) is 0 Å². The SMILES string of the molecule is COc1ccc(-c2c(NC(=O)c3ccc([N+](=O)[O-])cc3)oc3ccc(Cl)cc3c2=O)cc1. The summed E-state index contributed by atoms with van der Waals surface area (Å²) in [6.45, 7) is 0. The molecule has 0 aliphatic rings. The molecule has 0 saturated carbocycles. The molecule has 0 radical (unpaired) electrons. The van der Waals surface area contributed by atoms with Crippen molar-refractivity contribution in [2.24, 2.45) is 0 Å². The third-order valence-electron chi connectivity index (χ3n) is 4.80. The number of halogens is 1.